The second kappa shape index (κ2) is 9.40. The SMILES string of the molecule is c1cc(-c2ccc(-n3c4ccccc4c4ccccc43)cc2)nc(-c2ccc3c4ccccc4c4ccccc4c3c2)c1. The van der Waals surface area contributed by atoms with E-state index in [2.05, 4.69) is 162 Å². The first-order chi connectivity index (χ1) is 21.3. The minimum absolute atomic E-state index is 0.967. The molecule has 7 aromatic carbocycles. The largest absolute Gasteiger partial charge is 0.309 e. The number of pyridine rings is 1. The van der Waals surface area contributed by atoms with E-state index in [1.165, 1.54) is 54.1 Å². The van der Waals surface area contributed by atoms with E-state index in [1.807, 2.05) is 0 Å². The molecule has 0 amide bonds. The third kappa shape index (κ3) is 3.70. The molecular weight excluding hydrogens is 520 g/mol. The number of fused-ring (bicyclic) bond motifs is 9. The van der Waals surface area contributed by atoms with Gasteiger partial charge in [0.2, 0.25) is 0 Å². The molecule has 2 nitrogen and oxygen atoms in total. The maximum atomic E-state index is 5.15. The number of nitrogens with zero attached hydrogens (tertiary/aromatic N) is 2. The Balaban J connectivity index is 1.14. The Morgan fingerprint density at radius 2 is 0.767 bits per heavy atom. The molecule has 0 unspecified atom stereocenters. The van der Waals surface area contributed by atoms with Crippen molar-refractivity contribution in [2.75, 3.05) is 0 Å². The van der Waals surface area contributed by atoms with E-state index in [9.17, 15) is 0 Å². The average molecular weight is 547 g/mol. The molecule has 0 radical (unpaired) electrons. The number of hydrogen-bond donors (Lipinski definition) is 0. The summed E-state index contributed by atoms with van der Waals surface area (Å²) in [5.74, 6) is 0. The van der Waals surface area contributed by atoms with Crippen molar-refractivity contribution in [1.29, 1.82) is 0 Å². The molecule has 0 atom stereocenters. The van der Waals surface area contributed by atoms with E-state index in [0.29, 0.717) is 0 Å². The van der Waals surface area contributed by atoms with E-state index >= 15 is 0 Å². The molecule has 0 saturated heterocycles. The summed E-state index contributed by atoms with van der Waals surface area (Å²) in [6.07, 6.45) is 0. The molecular formula is C41H26N2. The Kier molecular flexibility index (Phi) is 5.23. The Morgan fingerprint density at radius 3 is 1.35 bits per heavy atom. The van der Waals surface area contributed by atoms with Crippen LogP contribution < -0.4 is 0 Å². The molecule has 2 heteroatoms. The lowest BCUT2D eigenvalue weighted by molar-refractivity contribution is 1.18. The number of para-hydroxylation sites is 2. The van der Waals surface area contributed by atoms with Crippen LogP contribution in [0.2, 0.25) is 0 Å². The summed E-state index contributed by atoms with van der Waals surface area (Å²) in [7, 11) is 0. The summed E-state index contributed by atoms with van der Waals surface area (Å²) in [6, 6.07) is 56.6. The van der Waals surface area contributed by atoms with Crippen molar-refractivity contribution < 1.29 is 0 Å². The summed E-state index contributed by atoms with van der Waals surface area (Å²) in [5.41, 5.74) is 7.74. The van der Waals surface area contributed by atoms with Crippen molar-refractivity contribution in [3.8, 4) is 28.2 Å². The quantitative estimate of drug-likeness (QED) is 0.202. The van der Waals surface area contributed by atoms with Crippen LogP contribution in [0.25, 0.3) is 82.3 Å². The zero-order valence-electron chi connectivity index (χ0n) is 23.4. The fraction of sp³-hybridized carbons (Fsp3) is 0. The smallest absolute Gasteiger partial charge is 0.0709 e. The van der Waals surface area contributed by atoms with Gasteiger partial charge in [-0.3, -0.25) is 0 Å². The Bertz CT molecular complexity index is 2410. The van der Waals surface area contributed by atoms with Gasteiger partial charge in [-0.25, -0.2) is 4.98 Å². The highest BCUT2D eigenvalue weighted by atomic mass is 15.0. The van der Waals surface area contributed by atoms with Gasteiger partial charge < -0.3 is 4.57 Å². The van der Waals surface area contributed by atoms with Crippen molar-refractivity contribution in [1.82, 2.24) is 9.55 Å². The first kappa shape index (κ1) is 23.9. The number of benzene rings is 7. The van der Waals surface area contributed by atoms with Gasteiger partial charge in [-0.15, -0.1) is 0 Å². The average Bonchev–Trinajstić information content (AvgIpc) is 3.43. The normalized spacial score (nSPS) is 11.7. The van der Waals surface area contributed by atoms with Crippen LogP contribution in [0.15, 0.2) is 158 Å². The molecule has 0 aliphatic carbocycles. The van der Waals surface area contributed by atoms with Crippen LogP contribution in [0.5, 0.6) is 0 Å². The molecule has 2 aromatic heterocycles. The van der Waals surface area contributed by atoms with Crippen LogP contribution in [0, 0.1) is 0 Å². The molecule has 0 saturated carbocycles. The summed E-state index contributed by atoms with van der Waals surface area (Å²) < 4.78 is 2.35. The van der Waals surface area contributed by atoms with E-state index < -0.39 is 0 Å². The predicted molar refractivity (Wildman–Crippen MR) is 182 cm³/mol. The first-order valence-corrected chi connectivity index (χ1v) is 14.7. The minimum atomic E-state index is 0.967. The van der Waals surface area contributed by atoms with E-state index in [-0.39, 0.29) is 0 Å². The molecule has 2 heterocycles. The lowest BCUT2D eigenvalue weighted by atomic mass is 9.93. The highest BCUT2D eigenvalue weighted by molar-refractivity contribution is 6.25. The van der Waals surface area contributed by atoms with Gasteiger partial charge in [0.05, 0.1) is 22.4 Å². The van der Waals surface area contributed by atoms with Crippen LogP contribution in [0.1, 0.15) is 0 Å². The molecule has 9 rings (SSSR count). The Morgan fingerprint density at radius 1 is 0.326 bits per heavy atom. The monoisotopic (exact) mass is 546 g/mol. The minimum Gasteiger partial charge on any atom is -0.309 e. The lowest BCUT2D eigenvalue weighted by Gasteiger charge is -2.12. The lowest BCUT2D eigenvalue weighted by Crippen LogP contribution is -1.94. The molecule has 43 heavy (non-hydrogen) atoms. The summed E-state index contributed by atoms with van der Waals surface area (Å²) >= 11 is 0. The highest BCUT2D eigenvalue weighted by Gasteiger charge is 2.13. The third-order valence-electron chi connectivity index (χ3n) is 8.79. The second-order valence-electron chi connectivity index (χ2n) is 11.2. The number of aromatic nitrogens is 2. The summed E-state index contributed by atoms with van der Waals surface area (Å²) in [5, 5.41) is 10.2. The summed E-state index contributed by atoms with van der Waals surface area (Å²) in [4.78, 5) is 5.15. The fourth-order valence-electron chi connectivity index (χ4n) is 6.81. The predicted octanol–water partition coefficient (Wildman–Crippen LogP) is 11.0. The zero-order valence-corrected chi connectivity index (χ0v) is 23.4. The van der Waals surface area contributed by atoms with Gasteiger partial charge in [0.15, 0.2) is 0 Å². The van der Waals surface area contributed by atoms with Crippen molar-refractivity contribution in [2.24, 2.45) is 0 Å². The zero-order chi connectivity index (χ0) is 28.3. The maximum absolute atomic E-state index is 5.15. The topological polar surface area (TPSA) is 17.8 Å². The Hall–Kier alpha value is -5.73. The molecule has 0 bridgehead atoms. The maximum Gasteiger partial charge on any atom is 0.0709 e. The van der Waals surface area contributed by atoms with Gasteiger partial charge in [-0.2, -0.15) is 0 Å². The van der Waals surface area contributed by atoms with Gasteiger partial charge in [-0.05, 0) is 74.8 Å². The highest BCUT2D eigenvalue weighted by Crippen LogP contribution is 2.37. The van der Waals surface area contributed by atoms with Gasteiger partial charge in [-0.1, -0.05) is 115 Å². The van der Waals surface area contributed by atoms with Crippen molar-refractivity contribution in [2.45, 2.75) is 0 Å². The first-order valence-electron chi connectivity index (χ1n) is 14.7. The second-order valence-corrected chi connectivity index (χ2v) is 11.2. The van der Waals surface area contributed by atoms with Gasteiger partial charge in [0.1, 0.15) is 0 Å². The fourth-order valence-corrected chi connectivity index (χ4v) is 6.81. The summed E-state index contributed by atoms with van der Waals surface area (Å²) in [6.45, 7) is 0. The van der Waals surface area contributed by atoms with Crippen LogP contribution >= 0.6 is 0 Å². The van der Waals surface area contributed by atoms with Gasteiger partial charge >= 0.3 is 0 Å². The molecule has 0 N–H and O–H groups in total. The molecule has 0 spiro atoms. The van der Waals surface area contributed by atoms with E-state index in [4.69, 9.17) is 4.98 Å². The molecule has 9 aromatic rings. The molecule has 0 aliphatic rings. The van der Waals surface area contributed by atoms with E-state index in [1.54, 1.807) is 0 Å². The standard InChI is InChI=1S/C41H26N2/c1-2-12-32-30(10-1)31-11-3-4-13-33(31)37-26-28(22-25-34(32)37)39-17-9-16-38(42-39)27-20-23-29(24-21-27)43-40-18-7-5-14-35(40)36-15-6-8-19-41(36)43/h1-26H. The molecule has 0 aliphatic heterocycles. The molecule has 200 valence electrons. The van der Waals surface area contributed by atoms with E-state index in [0.717, 1.165) is 28.2 Å². The van der Waals surface area contributed by atoms with Gasteiger partial charge in [0.25, 0.3) is 0 Å². The molecule has 0 fully saturated rings. The van der Waals surface area contributed by atoms with Crippen LogP contribution in [0.3, 0.4) is 0 Å². The van der Waals surface area contributed by atoms with Gasteiger partial charge in [0, 0.05) is 27.6 Å². The number of rotatable bonds is 3. The van der Waals surface area contributed by atoms with Crippen LogP contribution in [-0.2, 0) is 0 Å². The Labute approximate surface area is 249 Å². The third-order valence-corrected chi connectivity index (χ3v) is 8.79. The van der Waals surface area contributed by atoms with Crippen molar-refractivity contribution in [3.05, 3.63) is 158 Å². The van der Waals surface area contributed by atoms with Crippen LogP contribution in [0.4, 0.5) is 0 Å². The van der Waals surface area contributed by atoms with Crippen molar-refractivity contribution in [3.63, 3.8) is 0 Å². The number of hydrogen-bond acceptors (Lipinski definition) is 1. The van der Waals surface area contributed by atoms with Crippen molar-refractivity contribution >= 4 is 54.1 Å². The van der Waals surface area contributed by atoms with Crippen LogP contribution in [-0.4, -0.2) is 9.55 Å².